The number of fused-ring (bicyclic) bond motifs is 4. The molecule has 5 heteroatoms. The number of ether oxygens (including phenoxy) is 1. The molecule has 1 aromatic heterocycles. The van der Waals surface area contributed by atoms with Gasteiger partial charge in [0.2, 0.25) is 0 Å². The number of hydrogen-bond donors (Lipinski definition) is 0. The lowest BCUT2D eigenvalue weighted by Crippen LogP contribution is -2.44. The van der Waals surface area contributed by atoms with Gasteiger partial charge in [0.15, 0.2) is 0 Å². The third-order valence-electron chi connectivity index (χ3n) is 6.13. The first-order valence-electron chi connectivity index (χ1n) is 10.2. The predicted molar refractivity (Wildman–Crippen MR) is 114 cm³/mol. The van der Waals surface area contributed by atoms with Crippen molar-refractivity contribution < 1.29 is 9.53 Å². The molecule has 2 saturated heterocycles. The number of nitrogens with zero attached hydrogens (tertiary/aromatic N) is 3. The zero-order chi connectivity index (χ0) is 19.8. The highest BCUT2D eigenvalue weighted by Gasteiger charge is 2.33. The monoisotopic (exact) mass is 387 g/mol. The lowest BCUT2D eigenvalue weighted by atomic mass is 10.00. The fraction of sp³-hybridized carbons (Fsp3) is 0.333. The van der Waals surface area contributed by atoms with E-state index in [9.17, 15) is 4.79 Å². The Morgan fingerprint density at radius 2 is 1.72 bits per heavy atom. The highest BCUT2D eigenvalue weighted by Crippen LogP contribution is 2.26. The first kappa shape index (κ1) is 18.3. The summed E-state index contributed by atoms with van der Waals surface area (Å²) in [6.45, 7) is 3.92. The summed E-state index contributed by atoms with van der Waals surface area (Å²) in [6, 6.07) is 16.7. The Hall–Kier alpha value is -2.76. The van der Waals surface area contributed by atoms with Crippen molar-refractivity contribution in [2.45, 2.75) is 6.04 Å². The van der Waals surface area contributed by atoms with Gasteiger partial charge in [-0.1, -0.05) is 18.2 Å². The number of carbonyl (C=O) groups excluding carboxylic acids is 1. The molecule has 3 aromatic rings. The average molecular weight is 387 g/mol. The number of aromatic nitrogens is 1. The number of benzene rings is 2. The van der Waals surface area contributed by atoms with E-state index in [2.05, 4.69) is 41.2 Å². The summed E-state index contributed by atoms with van der Waals surface area (Å²) in [5, 5.41) is 2.22. The Bertz CT molecular complexity index is 1040. The molecule has 3 heterocycles. The molecule has 0 N–H and O–H groups in total. The predicted octanol–water partition coefficient (Wildman–Crippen LogP) is 3.30. The third kappa shape index (κ3) is 3.63. The summed E-state index contributed by atoms with van der Waals surface area (Å²) in [5.74, 6) is 0.497. The Balaban J connectivity index is 1.42. The van der Waals surface area contributed by atoms with Crippen molar-refractivity contribution in [1.82, 2.24) is 14.8 Å². The van der Waals surface area contributed by atoms with Crippen LogP contribution >= 0.6 is 0 Å². The third-order valence-corrected chi connectivity index (χ3v) is 6.13. The van der Waals surface area contributed by atoms with Crippen LogP contribution in [0.3, 0.4) is 0 Å². The van der Waals surface area contributed by atoms with Gasteiger partial charge >= 0.3 is 0 Å². The number of likely N-dealkylation sites (N-methyl/N-ethyl adjacent to an activating group) is 1. The van der Waals surface area contributed by atoms with Crippen molar-refractivity contribution in [3.05, 3.63) is 66.5 Å². The van der Waals surface area contributed by atoms with Crippen LogP contribution in [0.15, 0.2) is 60.9 Å². The topological polar surface area (TPSA) is 45.7 Å². The van der Waals surface area contributed by atoms with Crippen LogP contribution in [-0.4, -0.2) is 66.6 Å². The Morgan fingerprint density at radius 3 is 2.59 bits per heavy atom. The van der Waals surface area contributed by atoms with Crippen LogP contribution < -0.4 is 0 Å². The highest BCUT2D eigenvalue weighted by atomic mass is 16.5. The molecule has 148 valence electrons. The molecule has 2 atom stereocenters. The summed E-state index contributed by atoms with van der Waals surface area (Å²) < 4.78 is 5.79. The van der Waals surface area contributed by atoms with Gasteiger partial charge in [-0.05, 0) is 59.3 Å². The summed E-state index contributed by atoms with van der Waals surface area (Å²) in [5.41, 5.74) is 3.06. The minimum Gasteiger partial charge on any atom is -0.379 e. The molecule has 0 aliphatic carbocycles. The van der Waals surface area contributed by atoms with Crippen LogP contribution in [0.5, 0.6) is 0 Å². The summed E-state index contributed by atoms with van der Waals surface area (Å²) in [7, 11) is 2.14. The first-order valence-corrected chi connectivity index (χ1v) is 10.2. The van der Waals surface area contributed by atoms with Gasteiger partial charge in [-0.3, -0.25) is 14.7 Å². The molecule has 2 aromatic carbocycles. The minimum atomic E-state index is 0.123. The molecule has 29 heavy (non-hydrogen) atoms. The summed E-state index contributed by atoms with van der Waals surface area (Å²) >= 11 is 0. The SMILES string of the molecule is CN1C[C@H]2COC[C@@H]1CN(C(=O)c1ccc3cc(-c4ccncc4)ccc3c1)C2. The van der Waals surface area contributed by atoms with E-state index in [1.54, 1.807) is 12.4 Å². The van der Waals surface area contributed by atoms with Gasteiger partial charge in [0.1, 0.15) is 0 Å². The number of hydrogen-bond acceptors (Lipinski definition) is 4. The van der Waals surface area contributed by atoms with E-state index in [4.69, 9.17) is 4.74 Å². The van der Waals surface area contributed by atoms with Gasteiger partial charge in [-0.15, -0.1) is 0 Å². The molecule has 0 unspecified atom stereocenters. The molecule has 2 aliphatic rings. The van der Waals surface area contributed by atoms with E-state index in [1.807, 2.05) is 29.2 Å². The van der Waals surface area contributed by atoms with Gasteiger partial charge in [-0.25, -0.2) is 0 Å². The zero-order valence-corrected chi connectivity index (χ0v) is 16.6. The molecule has 5 nitrogen and oxygen atoms in total. The van der Waals surface area contributed by atoms with Crippen molar-refractivity contribution in [3.63, 3.8) is 0 Å². The molecular formula is C24H25N3O2. The molecule has 2 fully saturated rings. The van der Waals surface area contributed by atoms with E-state index in [0.29, 0.717) is 12.5 Å². The second-order valence-electron chi connectivity index (χ2n) is 8.22. The van der Waals surface area contributed by atoms with Crippen molar-refractivity contribution in [1.29, 1.82) is 0 Å². The van der Waals surface area contributed by atoms with Gasteiger partial charge < -0.3 is 9.64 Å². The highest BCUT2D eigenvalue weighted by molar-refractivity contribution is 5.99. The van der Waals surface area contributed by atoms with Crippen molar-refractivity contribution >= 4 is 16.7 Å². The fourth-order valence-electron chi connectivity index (χ4n) is 4.50. The van der Waals surface area contributed by atoms with E-state index in [-0.39, 0.29) is 11.9 Å². The van der Waals surface area contributed by atoms with Crippen LogP contribution in [0.1, 0.15) is 10.4 Å². The second-order valence-corrected chi connectivity index (χ2v) is 8.22. The van der Waals surface area contributed by atoms with Crippen LogP contribution in [0, 0.1) is 5.92 Å². The Morgan fingerprint density at radius 1 is 0.931 bits per heavy atom. The second kappa shape index (κ2) is 7.58. The van der Waals surface area contributed by atoms with Gasteiger partial charge in [0, 0.05) is 43.5 Å². The molecule has 0 saturated carbocycles. The molecule has 1 amide bonds. The first-order chi connectivity index (χ1) is 14.2. The zero-order valence-electron chi connectivity index (χ0n) is 16.6. The number of amides is 1. The smallest absolute Gasteiger partial charge is 0.253 e. The quantitative estimate of drug-likeness (QED) is 0.677. The lowest BCUT2D eigenvalue weighted by molar-refractivity contribution is 0.0434. The van der Waals surface area contributed by atoms with Gasteiger partial charge in [-0.2, -0.15) is 0 Å². The molecule has 0 radical (unpaired) electrons. The fourth-order valence-corrected chi connectivity index (χ4v) is 4.50. The van der Waals surface area contributed by atoms with E-state index in [1.165, 1.54) is 0 Å². The Labute approximate surface area is 170 Å². The van der Waals surface area contributed by atoms with Crippen LogP contribution in [0.25, 0.3) is 21.9 Å². The molecular weight excluding hydrogens is 362 g/mol. The minimum absolute atomic E-state index is 0.123. The van der Waals surface area contributed by atoms with Crippen molar-refractivity contribution in [2.24, 2.45) is 5.92 Å². The van der Waals surface area contributed by atoms with E-state index < -0.39 is 0 Å². The van der Waals surface area contributed by atoms with Crippen molar-refractivity contribution in [3.8, 4) is 11.1 Å². The number of carbonyl (C=O) groups is 1. The van der Waals surface area contributed by atoms with Crippen LogP contribution in [-0.2, 0) is 4.74 Å². The van der Waals surface area contributed by atoms with Crippen molar-refractivity contribution in [2.75, 3.05) is 39.9 Å². The molecule has 5 rings (SSSR count). The standard InChI is InChI=1S/C24H25N3O2/c1-26-12-17-13-27(14-23(26)16-29-15-17)24(28)22-5-4-20-10-19(2-3-21(20)11-22)18-6-8-25-9-7-18/h2-11,17,23H,12-16H2,1H3/t17-,23+/m1/s1. The van der Waals surface area contributed by atoms with E-state index >= 15 is 0 Å². The summed E-state index contributed by atoms with van der Waals surface area (Å²) in [6.07, 6.45) is 3.61. The van der Waals surface area contributed by atoms with Crippen LogP contribution in [0.4, 0.5) is 0 Å². The van der Waals surface area contributed by atoms with E-state index in [0.717, 1.165) is 53.7 Å². The lowest BCUT2D eigenvalue weighted by Gasteiger charge is -2.30. The molecule has 2 aliphatic heterocycles. The maximum atomic E-state index is 13.3. The largest absolute Gasteiger partial charge is 0.379 e. The number of pyridine rings is 1. The Kier molecular flexibility index (Phi) is 4.78. The maximum absolute atomic E-state index is 13.3. The average Bonchev–Trinajstić information content (AvgIpc) is 3.01. The number of rotatable bonds is 2. The maximum Gasteiger partial charge on any atom is 0.253 e. The summed E-state index contributed by atoms with van der Waals surface area (Å²) in [4.78, 5) is 21.7. The molecule has 2 bridgehead atoms. The molecule has 0 spiro atoms. The normalized spacial score (nSPS) is 22.4. The van der Waals surface area contributed by atoms with Crippen LogP contribution in [0.2, 0.25) is 0 Å². The van der Waals surface area contributed by atoms with Gasteiger partial charge in [0.25, 0.3) is 5.91 Å². The van der Waals surface area contributed by atoms with Gasteiger partial charge in [0.05, 0.1) is 19.3 Å².